The first-order chi connectivity index (χ1) is 9.08. The van der Waals surface area contributed by atoms with E-state index in [4.69, 9.17) is 18.0 Å². The van der Waals surface area contributed by atoms with Crippen molar-refractivity contribution in [3.8, 4) is 0 Å². The summed E-state index contributed by atoms with van der Waals surface area (Å²) < 4.78 is 0. The van der Waals surface area contributed by atoms with Gasteiger partial charge in [0.15, 0.2) is 0 Å². The third-order valence-corrected chi connectivity index (χ3v) is 2.73. The molecule has 4 N–H and O–H groups in total. The number of nitrogens with zero attached hydrogens (tertiary/aromatic N) is 1. The lowest BCUT2D eigenvalue weighted by Crippen LogP contribution is -2.47. The molecule has 6 heteroatoms. The highest BCUT2D eigenvalue weighted by atomic mass is 32.1. The van der Waals surface area contributed by atoms with E-state index in [-0.39, 0.29) is 11.4 Å². The van der Waals surface area contributed by atoms with Gasteiger partial charge in [-0.15, -0.1) is 0 Å². The summed E-state index contributed by atoms with van der Waals surface area (Å²) in [5.74, 6) is 0.502. The van der Waals surface area contributed by atoms with Crippen LogP contribution in [0.4, 0.5) is 5.82 Å². The smallest absolute Gasteiger partial charge is 0.242 e. The molecule has 0 radical (unpaired) electrons. The van der Waals surface area contributed by atoms with E-state index in [0.717, 1.165) is 11.3 Å². The van der Waals surface area contributed by atoms with Crippen LogP contribution < -0.4 is 16.4 Å². The van der Waals surface area contributed by atoms with Gasteiger partial charge in [-0.2, -0.15) is 0 Å². The first-order valence-electron chi connectivity index (χ1n) is 6.45. The number of hydrogen-bond donors (Lipinski definition) is 3. The maximum absolute atomic E-state index is 12.0. The molecule has 5 nitrogen and oxygen atoms in total. The molecule has 0 aromatic carbocycles. The molecule has 0 aliphatic carbocycles. The number of rotatable bonds is 4. The fourth-order valence-corrected chi connectivity index (χ4v) is 1.77. The number of thiocarbonyl (C=S) groups is 1. The maximum Gasteiger partial charge on any atom is 0.242 e. The van der Waals surface area contributed by atoms with Gasteiger partial charge in [0, 0.05) is 16.8 Å². The summed E-state index contributed by atoms with van der Waals surface area (Å²) in [7, 11) is 0. The van der Waals surface area contributed by atoms with Crippen LogP contribution >= 0.6 is 12.2 Å². The monoisotopic (exact) mass is 294 g/mol. The highest BCUT2D eigenvalue weighted by Crippen LogP contribution is 2.12. The van der Waals surface area contributed by atoms with Gasteiger partial charge in [0.05, 0.1) is 0 Å². The molecule has 0 fully saturated rings. The van der Waals surface area contributed by atoms with Crippen LogP contribution in [0.5, 0.6) is 0 Å². The molecule has 0 bridgehead atoms. The van der Waals surface area contributed by atoms with Gasteiger partial charge >= 0.3 is 0 Å². The molecule has 1 atom stereocenters. The Hall–Kier alpha value is -1.69. The zero-order valence-electron chi connectivity index (χ0n) is 12.6. The number of nitrogens with one attached hydrogen (secondary N) is 2. The Kier molecular flexibility index (Phi) is 5.05. The molecular formula is C14H22N4OS. The van der Waals surface area contributed by atoms with Gasteiger partial charge in [-0.1, -0.05) is 12.2 Å². The van der Waals surface area contributed by atoms with E-state index in [1.165, 1.54) is 0 Å². The van der Waals surface area contributed by atoms with E-state index in [2.05, 4.69) is 15.6 Å². The number of aromatic nitrogens is 1. The van der Waals surface area contributed by atoms with Crippen LogP contribution in [0.1, 0.15) is 39.0 Å². The second-order valence-electron chi connectivity index (χ2n) is 5.85. The molecule has 0 saturated carbocycles. The molecule has 0 aliphatic rings. The number of nitrogens with two attached hydrogens (primary N) is 1. The summed E-state index contributed by atoms with van der Waals surface area (Å²) in [6.07, 6.45) is 0. The van der Waals surface area contributed by atoms with E-state index < -0.39 is 6.04 Å². The van der Waals surface area contributed by atoms with Crippen molar-refractivity contribution >= 4 is 28.9 Å². The van der Waals surface area contributed by atoms with Crippen LogP contribution in [-0.2, 0) is 4.79 Å². The standard InChI is InChI=1S/C14H22N4OS/c1-8-6-10(12(15)20)7-11(16-8)17-9(2)13(19)18-14(3,4)5/h6-7,9H,1-5H3,(H2,15,20)(H,16,17)(H,18,19). The fourth-order valence-electron chi connectivity index (χ4n) is 1.65. The normalized spacial score (nSPS) is 12.7. The van der Waals surface area contributed by atoms with Crippen molar-refractivity contribution in [2.24, 2.45) is 5.73 Å². The number of carbonyl (C=O) groups excluding carboxylic acids is 1. The Morgan fingerprint density at radius 2 is 2.00 bits per heavy atom. The zero-order chi connectivity index (χ0) is 15.5. The molecule has 1 amide bonds. The molecule has 0 aliphatic heterocycles. The Bertz CT molecular complexity index is 522. The highest BCUT2D eigenvalue weighted by molar-refractivity contribution is 7.80. The Balaban J connectivity index is 2.83. The van der Waals surface area contributed by atoms with Crippen LogP contribution in [0.15, 0.2) is 12.1 Å². The molecule has 1 aromatic rings. The van der Waals surface area contributed by atoms with Gasteiger partial charge in [-0.05, 0) is 46.8 Å². The molecule has 0 saturated heterocycles. The number of pyridine rings is 1. The van der Waals surface area contributed by atoms with Crippen molar-refractivity contribution in [3.05, 3.63) is 23.4 Å². The van der Waals surface area contributed by atoms with Gasteiger partial charge in [-0.3, -0.25) is 4.79 Å². The topological polar surface area (TPSA) is 80.0 Å². The van der Waals surface area contributed by atoms with Crippen molar-refractivity contribution in [1.82, 2.24) is 10.3 Å². The molecule has 1 rings (SSSR count). The minimum atomic E-state index is -0.400. The van der Waals surface area contributed by atoms with E-state index in [9.17, 15) is 4.79 Å². The molecule has 20 heavy (non-hydrogen) atoms. The van der Waals surface area contributed by atoms with Gasteiger partial charge in [0.25, 0.3) is 0 Å². The van der Waals surface area contributed by atoms with E-state index in [1.54, 1.807) is 13.0 Å². The van der Waals surface area contributed by atoms with Crippen molar-refractivity contribution in [1.29, 1.82) is 0 Å². The quantitative estimate of drug-likeness (QED) is 0.737. The Labute approximate surface area is 125 Å². The minimum Gasteiger partial charge on any atom is -0.389 e. The van der Waals surface area contributed by atoms with Crippen LogP contribution in [0, 0.1) is 6.92 Å². The van der Waals surface area contributed by atoms with Crippen LogP contribution in [0.25, 0.3) is 0 Å². The lowest BCUT2D eigenvalue weighted by molar-refractivity contribution is -0.122. The molecule has 1 heterocycles. The summed E-state index contributed by atoms with van der Waals surface area (Å²) in [5.41, 5.74) is 6.88. The van der Waals surface area contributed by atoms with Crippen molar-refractivity contribution < 1.29 is 4.79 Å². The third-order valence-electron chi connectivity index (χ3n) is 2.49. The van der Waals surface area contributed by atoms with Gasteiger partial charge in [0.2, 0.25) is 5.91 Å². The van der Waals surface area contributed by atoms with Gasteiger partial charge in [-0.25, -0.2) is 4.98 Å². The van der Waals surface area contributed by atoms with Crippen molar-refractivity contribution in [2.75, 3.05) is 5.32 Å². The molecule has 1 aromatic heterocycles. The number of aryl methyl sites for hydroxylation is 1. The van der Waals surface area contributed by atoms with Crippen LogP contribution in [0.2, 0.25) is 0 Å². The summed E-state index contributed by atoms with van der Waals surface area (Å²) in [6, 6.07) is 3.16. The predicted octanol–water partition coefficient (Wildman–Crippen LogP) is 1.74. The van der Waals surface area contributed by atoms with Crippen LogP contribution in [0.3, 0.4) is 0 Å². The third kappa shape index (κ3) is 5.13. The van der Waals surface area contributed by atoms with Crippen LogP contribution in [-0.4, -0.2) is 27.5 Å². The first-order valence-corrected chi connectivity index (χ1v) is 6.86. The zero-order valence-corrected chi connectivity index (χ0v) is 13.4. The predicted molar refractivity (Wildman–Crippen MR) is 85.8 cm³/mol. The second-order valence-corrected chi connectivity index (χ2v) is 6.29. The molecule has 0 spiro atoms. The fraction of sp³-hybridized carbons (Fsp3) is 0.500. The average molecular weight is 294 g/mol. The van der Waals surface area contributed by atoms with Gasteiger partial charge in [0.1, 0.15) is 16.8 Å². The second kappa shape index (κ2) is 6.17. The molecular weight excluding hydrogens is 272 g/mol. The SMILES string of the molecule is Cc1cc(C(N)=S)cc(NC(C)C(=O)NC(C)(C)C)n1. The number of amides is 1. The lowest BCUT2D eigenvalue weighted by Gasteiger charge is -2.24. The summed E-state index contributed by atoms with van der Waals surface area (Å²) in [4.78, 5) is 16.7. The van der Waals surface area contributed by atoms with E-state index >= 15 is 0 Å². The number of anilines is 1. The Morgan fingerprint density at radius 3 is 2.50 bits per heavy atom. The summed E-state index contributed by atoms with van der Waals surface area (Å²) in [6.45, 7) is 9.45. The highest BCUT2D eigenvalue weighted by Gasteiger charge is 2.19. The van der Waals surface area contributed by atoms with E-state index in [0.29, 0.717) is 10.8 Å². The molecule has 110 valence electrons. The van der Waals surface area contributed by atoms with E-state index in [1.807, 2.05) is 33.8 Å². The Morgan fingerprint density at radius 1 is 1.40 bits per heavy atom. The van der Waals surface area contributed by atoms with Crippen molar-refractivity contribution in [3.63, 3.8) is 0 Å². The van der Waals surface area contributed by atoms with Crippen molar-refractivity contribution in [2.45, 2.75) is 46.2 Å². The summed E-state index contributed by atoms with van der Waals surface area (Å²) in [5, 5.41) is 5.97. The maximum atomic E-state index is 12.0. The van der Waals surface area contributed by atoms with Gasteiger partial charge < -0.3 is 16.4 Å². The first kappa shape index (κ1) is 16.4. The average Bonchev–Trinajstić information content (AvgIpc) is 2.25. The minimum absolute atomic E-state index is 0.0855. The number of hydrogen-bond acceptors (Lipinski definition) is 4. The summed E-state index contributed by atoms with van der Waals surface area (Å²) >= 11 is 4.96. The lowest BCUT2D eigenvalue weighted by atomic mass is 10.1. The largest absolute Gasteiger partial charge is 0.389 e. The number of carbonyl (C=O) groups is 1. The molecule has 1 unspecified atom stereocenters.